The van der Waals surface area contributed by atoms with Crippen molar-refractivity contribution in [2.24, 2.45) is 0 Å². The summed E-state index contributed by atoms with van der Waals surface area (Å²) in [5.74, 6) is 1.64. The smallest absolute Gasteiger partial charge is 0.224 e. The number of aryl methyl sites for hydroxylation is 1. The molecule has 0 saturated heterocycles. The summed E-state index contributed by atoms with van der Waals surface area (Å²) < 4.78 is 11.1. The Balaban J connectivity index is 1.69. The number of methoxy groups -OCH3 is 1. The Kier molecular flexibility index (Phi) is 6.80. The zero-order chi connectivity index (χ0) is 19.9. The highest BCUT2D eigenvalue weighted by Crippen LogP contribution is 2.33. The van der Waals surface area contributed by atoms with Gasteiger partial charge in [0.05, 0.1) is 12.8 Å². The van der Waals surface area contributed by atoms with Gasteiger partial charge in [-0.2, -0.15) is 0 Å². The number of nitrogens with one attached hydrogen (secondary N) is 1. The molecule has 0 heterocycles. The third-order valence-electron chi connectivity index (χ3n) is 4.04. The van der Waals surface area contributed by atoms with Crippen LogP contribution in [0.2, 0.25) is 10.0 Å². The number of anilines is 1. The molecule has 0 aliphatic heterocycles. The number of benzene rings is 3. The van der Waals surface area contributed by atoms with Gasteiger partial charge in [-0.1, -0.05) is 41.4 Å². The van der Waals surface area contributed by atoms with Crippen LogP contribution < -0.4 is 14.8 Å². The van der Waals surface area contributed by atoms with Crippen LogP contribution in [0.15, 0.2) is 66.7 Å². The molecule has 3 rings (SSSR count). The fraction of sp³-hybridized carbons (Fsp3) is 0.136. The number of carbonyl (C=O) groups is 1. The van der Waals surface area contributed by atoms with Crippen molar-refractivity contribution in [2.45, 2.75) is 12.8 Å². The van der Waals surface area contributed by atoms with Gasteiger partial charge in [-0.3, -0.25) is 4.79 Å². The van der Waals surface area contributed by atoms with Crippen molar-refractivity contribution in [3.05, 3.63) is 82.3 Å². The topological polar surface area (TPSA) is 47.6 Å². The minimum atomic E-state index is -0.132. The standard InChI is InChI=1S/C22H19Cl2NO3/c1-27-18-3-2-4-19(14-18)28-21-11-10-17(24)13-20(21)25-22(26)12-7-15-5-8-16(23)9-6-15/h2-6,8-11,13-14H,7,12H2,1H3,(H,25,26). The molecule has 0 aliphatic carbocycles. The van der Waals surface area contributed by atoms with Crippen molar-refractivity contribution in [1.29, 1.82) is 0 Å². The van der Waals surface area contributed by atoms with E-state index in [2.05, 4.69) is 5.32 Å². The first kappa shape index (κ1) is 20.1. The van der Waals surface area contributed by atoms with Crippen LogP contribution in [-0.4, -0.2) is 13.0 Å². The Labute approximate surface area is 174 Å². The Hall–Kier alpha value is -2.69. The summed E-state index contributed by atoms with van der Waals surface area (Å²) in [5.41, 5.74) is 1.55. The highest BCUT2D eigenvalue weighted by molar-refractivity contribution is 6.31. The van der Waals surface area contributed by atoms with E-state index in [0.717, 1.165) is 5.56 Å². The summed E-state index contributed by atoms with van der Waals surface area (Å²) in [7, 11) is 1.59. The second kappa shape index (κ2) is 9.49. The molecule has 0 atom stereocenters. The quantitative estimate of drug-likeness (QED) is 0.487. The van der Waals surface area contributed by atoms with E-state index in [1.54, 1.807) is 31.4 Å². The van der Waals surface area contributed by atoms with Gasteiger partial charge in [-0.15, -0.1) is 0 Å². The van der Waals surface area contributed by atoms with E-state index in [1.807, 2.05) is 42.5 Å². The Morgan fingerprint density at radius 2 is 1.64 bits per heavy atom. The first-order chi connectivity index (χ1) is 13.5. The van der Waals surface area contributed by atoms with Crippen molar-refractivity contribution >= 4 is 34.8 Å². The van der Waals surface area contributed by atoms with Crippen molar-refractivity contribution < 1.29 is 14.3 Å². The highest BCUT2D eigenvalue weighted by Gasteiger charge is 2.11. The lowest BCUT2D eigenvalue weighted by molar-refractivity contribution is -0.116. The van der Waals surface area contributed by atoms with E-state index >= 15 is 0 Å². The molecule has 3 aromatic carbocycles. The molecule has 4 nitrogen and oxygen atoms in total. The Morgan fingerprint density at radius 1 is 0.929 bits per heavy atom. The van der Waals surface area contributed by atoms with Gasteiger partial charge < -0.3 is 14.8 Å². The number of hydrogen-bond acceptors (Lipinski definition) is 3. The van der Waals surface area contributed by atoms with Crippen molar-refractivity contribution in [3.8, 4) is 17.2 Å². The summed E-state index contributed by atoms with van der Waals surface area (Å²) in [6.07, 6.45) is 0.933. The van der Waals surface area contributed by atoms with Crippen molar-refractivity contribution in [3.63, 3.8) is 0 Å². The molecule has 0 unspecified atom stereocenters. The maximum absolute atomic E-state index is 12.4. The number of carbonyl (C=O) groups excluding carboxylic acids is 1. The van der Waals surface area contributed by atoms with Gasteiger partial charge in [0.25, 0.3) is 0 Å². The first-order valence-corrected chi connectivity index (χ1v) is 9.45. The van der Waals surface area contributed by atoms with Crippen LogP contribution in [0.5, 0.6) is 17.2 Å². The van der Waals surface area contributed by atoms with Crippen LogP contribution in [0.4, 0.5) is 5.69 Å². The molecule has 1 amide bonds. The van der Waals surface area contributed by atoms with Crippen molar-refractivity contribution in [1.82, 2.24) is 0 Å². The predicted molar refractivity (Wildman–Crippen MR) is 113 cm³/mol. The summed E-state index contributed by atoms with van der Waals surface area (Å²) in [6, 6.07) is 19.8. The molecule has 1 N–H and O–H groups in total. The van der Waals surface area contributed by atoms with Gasteiger partial charge in [-0.25, -0.2) is 0 Å². The van der Waals surface area contributed by atoms with Crippen LogP contribution in [0.3, 0.4) is 0 Å². The molecule has 0 spiro atoms. The fourth-order valence-electron chi connectivity index (χ4n) is 2.60. The number of hydrogen-bond donors (Lipinski definition) is 1. The normalized spacial score (nSPS) is 10.4. The van der Waals surface area contributed by atoms with E-state index < -0.39 is 0 Å². The van der Waals surface area contributed by atoms with Gasteiger partial charge in [0.2, 0.25) is 5.91 Å². The first-order valence-electron chi connectivity index (χ1n) is 8.69. The van der Waals surface area contributed by atoms with Crippen LogP contribution in [-0.2, 0) is 11.2 Å². The van der Waals surface area contributed by atoms with E-state index in [9.17, 15) is 4.79 Å². The minimum absolute atomic E-state index is 0.132. The average molecular weight is 416 g/mol. The molecule has 0 aromatic heterocycles. The Morgan fingerprint density at radius 3 is 2.39 bits per heavy atom. The van der Waals surface area contributed by atoms with Gasteiger partial charge in [-0.05, 0) is 54.4 Å². The average Bonchev–Trinajstić information content (AvgIpc) is 2.70. The van der Waals surface area contributed by atoms with E-state index in [1.165, 1.54) is 0 Å². The SMILES string of the molecule is COc1cccc(Oc2ccc(Cl)cc2NC(=O)CCc2ccc(Cl)cc2)c1. The molecule has 3 aromatic rings. The summed E-state index contributed by atoms with van der Waals surface area (Å²) in [6.45, 7) is 0. The van der Waals surface area contributed by atoms with Crippen LogP contribution in [0.1, 0.15) is 12.0 Å². The number of ether oxygens (including phenoxy) is 2. The second-order valence-corrected chi connectivity index (χ2v) is 6.97. The third kappa shape index (κ3) is 5.65. The molecular weight excluding hydrogens is 397 g/mol. The second-order valence-electron chi connectivity index (χ2n) is 6.10. The van der Waals surface area contributed by atoms with E-state index in [4.69, 9.17) is 32.7 Å². The van der Waals surface area contributed by atoms with Crippen LogP contribution in [0, 0.1) is 0 Å². The number of amides is 1. The number of halogens is 2. The molecule has 0 saturated carbocycles. The number of rotatable bonds is 7. The lowest BCUT2D eigenvalue weighted by Crippen LogP contribution is -2.13. The largest absolute Gasteiger partial charge is 0.497 e. The molecule has 0 bridgehead atoms. The molecular formula is C22H19Cl2NO3. The Bertz CT molecular complexity index is 958. The van der Waals surface area contributed by atoms with Gasteiger partial charge >= 0.3 is 0 Å². The fourth-order valence-corrected chi connectivity index (χ4v) is 2.90. The summed E-state index contributed by atoms with van der Waals surface area (Å²) >= 11 is 12.0. The molecule has 0 fully saturated rings. The van der Waals surface area contributed by atoms with Gasteiger partial charge in [0.1, 0.15) is 11.5 Å². The monoisotopic (exact) mass is 415 g/mol. The third-order valence-corrected chi connectivity index (χ3v) is 4.53. The minimum Gasteiger partial charge on any atom is -0.497 e. The molecule has 6 heteroatoms. The molecule has 144 valence electrons. The predicted octanol–water partition coefficient (Wildman–Crippen LogP) is 6.37. The maximum Gasteiger partial charge on any atom is 0.224 e. The lowest BCUT2D eigenvalue weighted by Gasteiger charge is -2.13. The highest BCUT2D eigenvalue weighted by atomic mass is 35.5. The summed E-state index contributed by atoms with van der Waals surface area (Å²) in [4.78, 5) is 12.4. The molecule has 0 aliphatic rings. The molecule has 28 heavy (non-hydrogen) atoms. The zero-order valence-corrected chi connectivity index (χ0v) is 16.8. The zero-order valence-electron chi connectivity index (χ0n) is 15.2. The van der Waals surface area contributed by atoms with Crippen molar-refractivity contribution in [2.75, 3.05) is 12.4 Å². The van der Waals surface area contributed by atoms with E-state index in [0.29, 0.717) is 45.8 Å². The van der Waals surface area contributed by atoms with Crippen LogP contribution >= 0.6 is 23.2 Å². The molecule has 0 radical (unpaired) electrons. The van der Waals surface area contributed by atoms with Crippen LogP contribution in [0.25, 0.3) is 0 Å². The van der Waals surface area contributed by atoms with E-state index in [-0.39, 0.29) is 5.91 Å². The lowest BCUT2D eigenvalue weighted by atomic mass is 10.1. The summed E-state index contributed by atoms with van der Waals surface area (Å²) in [5, 5.41) is 4.05. The maximum atomic E-state index is 12.4. The van der Waals surface area contributed by atoms with Gasteiger partial charge in [0, 0.05) is 22.5 Å². The van der Waals surface area contributed by atoms with Gasteiger partial charge in [0.15, 0.2) is 5.75 Å².